The molecule has 1 atom stereocenters. The summed E-state index contributed by atoms with van der Waals surface area (Å²) in [6.45, 7) is 3.38. The van der Waals surface area contributed by atoms with Gasteiger partial charge in [-0.3, -0.25) is 9.78 Å². The first-order valence-electron chi connectivity index (χ1n) is 11.3. The van der Waals surface area contributed by atoms with Crippen molar-refractivity contribution in [1.29, 1.82) is 0 Å². The molecule has 0 saturated carbocycles. The van der Waals surface area contributed by atoms with E-state index in [0.29, 0.717) is 17.1 Å². The fourth-order valence-electron chi connectivity index (χ4n) is 4.14. The molecule has 2 aromatic carbocycles. The number of carbonyl (C=O) groups is 1. The summed E-state index contributed by atoms with van der Waals surface area (Å²) >= 11 is 5.88. The minimum Gasteiger partial charge on any atom is -0.362 e. The van der Waals surface area contributed by atoms with Gasteiger partial charge in [0, 0.05) is 11.3 Å². The number of amides is 1. The summed E-state index contributed by atoms with van der Waals surface area (Å²) < 4.78 is 40.7. The van der Waals surface area contributed by atoms with Crippen LogP contribution in [0.2, 0.25) is 5.15 Å². The zero-order valence-corrected chi connectivity index (χ0v) is 19.7. The van der Waals surface area contributed by atoms with Crippen LogP contribution in [-0.4, -0.2) is 29.0 Å². The quantitative estimate of drug-likeness (QED) is 0.382. The molecule has 1 saturated heterocycles. The number of aromatic nitrogens is 2. The summed E-state index contributed by atoms with van der Waals surface area (Å²) in [7, 11) is 0. The molecule has 184 valence electrons. The van der Waals surface area contributed by atoms with E-state index in [2.05, 4.69) is 25.9 Å². The molecule has 35 heavy (non-hydrogen) atoms. The smallest absolute Gasteiger partial charge is 0.362 e. The van der Waals surface area contributed by atoms with E-state index in [9.17, 15) is 18.0 Å². The van der Waals surface area contributed by atoms with Gasteiger partial charge in [-0.15, -0.1) is 0 Å². The van der Waals surface area contributed by atoms with Crippen LogP contribution in [-0.2, 0) is 6.18 Å². The Morgan fingerprint density at radius 3 is 2.63 bits per heavy atom. The Hall–Kier alpha value is -3.17. The van der Waals surface area contributed by atoms with Crippen LogP contribution in [0.15, 0.2) is 54.9 Å². The Balaban J connectivity index is 1.54. The summed E-state index contributed by atoms with van der Waals surface area (Å²) in [6, 6.07) is 10.5. The van der Waals surface area contributed by atoms with Crippen LogP contribution < -0.4 is 16.0 Å². The highest BCUT2D eigenvalue weighted by atomic mass is 35.5. The first-order valence-corrected chi connectivity index (χ1v) is 11.6. The number of anilines is 2. The van der Waals surface area contributed by atoms with E-state index in [1.807, 2.05) is 13.0 Å². The molecule has 3 N–H and O–H groups in total. The van der Waals surface area contributed by atoms with Crippen molar-refractivity contribution >= 4 is 29.0 Å². The predicted octanol–water partition coefficient (Wildman–Crippen LogP) is 6.04. The van der Waals surface area contributed by atoms with Crippen molar-refractivity contribution in [2.24, 2.45) is 0 Å². The number of hydrogen-bond donors (Lipinski definition) is 3. The first kappa shape index (κ1) is 24.9. The van der Waals surface area contributed by atoms with Crippen molar-refractivity contribution < 1.29 is 18.0 Å². The summed E-state index contributed by atoms with van der Waals surface area (Å²) in [5, 5.41) is 9.39. The van der Waals surface area contributed by atoms with Crippen molar-refractivity contribution in [2.75, 3.05) is 23.7 Å². The molecule has 1 aromatic heterocycles. The van der Waals surface area contributed by atoms with Crippen molar-refractivity contribution in [2.45, 2.75) is 37.9 Å². The molecule has 0 bridgehead atoms. The van der Waals surface area contributed by atoms with Crippen LogP contribution in [0, 0.1) is 0 Å². The van der Waals surface area contributed by atoms with Gasteiger partial charge in [0.2, 0.25) is 0 Å². The van der Waals surface area contributed by atoms with E-state index in [4.69, 9.17) is 11.6 Å². The van der Waals surface area contributed by atoms with Crippen molar-refractivity contribution in [3.05, 3.63) is 82.3 Å². The number of rotatable bonds is 6. The van der Waals surface area contributed by atoms with E-state index >= 15 is 0 Å². The molecule has 0 unspecified atom stereocenters. The monoisotopic (exact) mass is 503 g/mol. The minimum absolute atomic E-state index is 0.0147. The largest absolute Gasteiger partial charge is 0.416 e. The zero-order valence-electron chi connectivity index (χ0n) is 19.0. The van der Waals surface area contributed by atoms with E-state index in [1.165, 1.54) is 12.3 Å². The summed E-state index contributed by atoms with van der Waals surface area (Å²) in [6.07, 6.45) is -0.111. The summed E-state index contributed by atoms with van der Waals surface area (Å²) in [5.74, 6) is -0.117. The normalized spacial score (nSPS) is 15.5. The lowest BCUT2D eigenvalue weighted by molar-refractivity contribution is -0.137. The Kier molecular flexibility index (Phi) is 7.57. The average Bonchev–Trinajstić information content (AvgIpc) is 2.84. The van der Waals surface area contributed by atoms with Gasteiger partial charge in [0.05, 0.1) is 24.0 Å². The van der Waals surface area contributed by atoms with Crippen LogP contribution >= 0.6 is 11.6 Å². The van der Waals surface area contributed by atoms with Crippen LogP contribution in [0.4, 0.5) is 24.7 Å². The number of carbonyl (C=O) groups excluding carboxylic acids is 1. The number of alkyl halides is 3. The Bertz CT molecular complexity index is 1200. The second-order valence-electron chi connectivity index (χ2n) is 8.54. The van der Waals surface area contributed by atoms with E-state index in [0.717, 1.165) is 37.6 Å². The molecule has 0 aliphatic carbocycles. The highest BCUT2D eigenvalue weighted by molar-refractivity contribution is 6.29. The van der Waals surface area contributed by atoms with Crippen molar-refractivity contribution in [3.63, 3.8) is 0 Å². The predicted molar refractivity (Wildman–Crippen MR) is 130 cm³/mol. The van der Waals surface area contributed by atoms with Crippen LogP contribution in [0.1, 0.15) is 58.8 Å². The molecule has 4 rings (SSSR count). The summed E-state index contributed by atoms with van der Waals surface area (Å²) in [4.78, 5) is 21.1. The average molecular weight is 504 g/mol. The van der Waals surface area contributed by atoms with Gasteiger partial charge in [0.1, 0.15) is 11.0 Å². The molecule has 1 aliphatic rings. The van der Waals surface area contributed by atoms with Crippen LogP contribution in [0.25, 0.3) is 0 Å². The Labute approximate surface area is 206 Å². The van der Waals surface area contributed by atoms with Crippen molar-refractivity contribution in [1.82, 2.24) is 15.3 Å². The number of hydrogen-bond acceptors (Lipinski definition) is 5. The number of nitrogens with one attached hydrogen (secondary N) is 3. The molecule has 0 spiro atoms. The highest BCUT2D eigenvalue weighted by Gasteiger charge is 2.32. The number of nitrogens with zero attached hydrogens (tertiary/aromatic N) is 2. The lowest BCUT2D eigenvalue weighted by Crippen LogP contribution is -2.27. The Morgan fingerprint density at radius 1 is 1.14 bits per heavy atom. The van der Waals surface area contributed by atoms with Gasteiger partial charge in [-0.2, -0.15) is 13.2 Å². The van der Waals surface area contributed by atoms with Gasteiger partial charge in [0.15, 0.2) is 0 Å². The van der Waals surface area contributed by atoms with Gasteiger partial charge in [-0.05, 0) is 80.2 Å². The number of halogens is 4. The molecule has 6 nitrogen and oxygen atoms in total. The third-order valence-corrected chi connectivity index (χ3v) is 6.15. The molecule has 1 amide bonds. The van der Waals surface area contributed by atoms with E-state index in [-0.39, 0.29) is 22.7 Å². The Morgan fingerprint density at radius 2 is 1.91 bits per heavy atom. The number of benzene rings is 2. The fourth-order valence-corrected chi connectivity index (χ4v) is 4.29. The lowest BCUT2D eigenvalue weighted by Gasteiger charge is -2.24. The SMILES string of the molecule is C[C@H](Nc1cncc(Cl)n1)c1cccc(NC(=O)c2cc(C3CCNCC3)cc(C(F)(F)F)c2)c1. The standard InChI is InChI=1S/C25H25ClF3N5O/c1-15(32-23-14-31-13-22(26)34-23)17-3-2-4-21(12-17)33-24(35)19-9-18(16-5-7-30-8-6-16)10-20(11-19)25(27,28)29/h2-4,9-16,30H,5-8H2,1H3,(H,32,34)(H,33,35)/t15-/m0/s1. The fraction of sp³-hybridized carbons (Fsp3) is 0.320. The second kappa shape index (κ2) is 10.6. The van der Waals surface area contributed by atoms with Gasteiger partial charge in [-0.25, -0.2) is 4.98 Å². The molecule has 1 fully saturated rings. The van der Waals surface area contributed by atoms with Gasteiger partial charge in [-0.1, -0.05) is 23.7 Å². The maximum Gasteiger partial charge on any atom is 0.416 e. The molecule has 3 aromatic rings. The third-order valence-electron chi connectivity index (χ3n) is 5.97. The van der Waals surface area contributed by atoms with Gasteiger partial charge in [0.25, 0.3) is 5.91 Å². The molecule has 0 radical (unpaired) electrons. The van der Waals surface area contributed by atoms with Gasteiger partial charge < -0.3 is 16.0 Å². The van der Waals surface area contributed by atoms with Crippen LogP contribution in [0.5, 0.6) is 0 Å². The molecule has 2 heterocycles. The minimum atomic E-state index is -4.54. The maximum atomic E-state index is 13.6. The number of piperidine rings is 1. The van der Waals surface area contributed by atoms with E-state index in [1.54, 1.807) is 30.5 Å². The molecular weight excluding hydrogens is 479 g/mol. The van der Waals surface area contributed by atoms with Gasteiger partial charge >= 0.3 is 6.18 Å². The molecular formula is C25H25ClF3N5O. The maximum absolute atomic E-state index is 13.6. The second-order valence-corrected chi connectivity index (χ2v) is 8.93. The van der Waals surface area contributed by atoms with Crippen molar-refractivity contribution in [3.8, 4) is 0 Å². The lowest BCUT2D eigenvalue weighted by atomic mass is 9.88. The highest BCUT2D eigenvalue weighted by Crippen LogP contribution is 2.35. The first-order chi connectivity index (χ1) is 16.7. The van der Waals surface area contributed by atoms with E-state index < -0.39 is 17.6 Å². The summed E-state index contributed by atoms with van der Waals surface area (Å²) in [5.41, 5.74) is 1.02. The van der Waals surface area contributed by atoms with Crippen LogP contribution in [0.3, 0.4) is 0 Å². The third kappa shape index (κ3) is 6.49. The molecule has 1 aliphatic heterocycles. The topological polar surface area (TPSA) is 78.9 Å². The zero-order chi connectivity index (χ0) is 25.0. The molecule has 10 heteroatoms.